The molecule has 3 unspecified atom stereocenters. The van der Waals surface area contributed by atoms with E-state index in [9.17, 15) is 0 Å². The Bertz CT molecular complexity index is 444. The molecule has 0 amide bonds. The Morgan fingerprint density at radius 3 is 2.58 bits per heavy atom. The molecular weight excluding hydrogens is 236 g/mol. The molecule has 4 heteroatoms. The maximum atomic E-state index is 5.97. The fourth-order valence-electron chi connectivity index (χ4n) is 3.08. The average molecular weight is 262 g/mol. The van der Waals surface area contributed by atoms with E-state index in [1.165, 1.54) is 19.3 Å². The van der Waals surface area contributed by atoms with Gasteiger partial charge in [0.1, 0.15) is 17.5 Å². The lowest BCUT2D eigenvalue weighted by Crippen LogP contribution is -2.26. The number of nitrogens with one attached hydrogen (secondary N) is 1. The lowest BCUT2D eigenvalue weighted by atomic mass is 9.93. The highest BCUT2D eigenvalue weighted by Gasteiger charge is 2.32. The topological polar surface area (TPSA) is 63.8 Å². The third kappa shape index (κ3) is 2.82. The maximum absolute atomic E-state index is 5.97. The minimum atomic E-state index is 0.516. The van der Waals surface area contributed by atoms with Gasteiger partial charge < -0.3 is 11.1 Å². The number of aromatic nitrogens is 2. The first-order valence-corrected chi connectivity index (χ1v) is 7.46. The molecule has 1 aromatic rings. The SMILES string of the molecule is CCc1nc(N)c(C)c(NC2CCC(CC)C2C)n1. The summed E-state index contributed by atoms with van der Waals surface area (Å²) in [5, 5.41) is 3.61. The number of aryl methyl sites for hydroxylation is 1. The van der Waals surface area contributed by atoms with Crippen LogP contribution in [0.25, 0.3) is 0 Å². The first kappa shape index (κ1) is 14.1. The van der Waals surface area contributed by atoms with Crippen LogP contribution < -0.4 is 11.1 Å². The van der Waals surface area contributed by atoms with Gasteiger partial charge in [-0.15, -0.1) is 0 Å². The molecule has 0 aliphatic heterocycles. The third-order valence-electron chi connectivity index (χ3n) is 4.62. The predicted molar refractivity (Wildman–Crippen MR) is 80.1 cm³/mol. The van der Waals surface area contributed by atoms with Gasteiger partial charge in [-0.05, 0) is 31.6 Å². The normalized spacial score (nSPS) is 26.6. The van der Waals surface area contributed by atoms with Crippen LogP contribution in [-0.2, 0) is 6.42 Å². The van der Waals surface area contributed by atoms with Crippen molar-refractivity contribution >= 4 is 11.6 Å². The lowest BCUT2D eigenvalue weighted by Gasteiger charge is -2.22. The summed E-state index contributed by atoms with van der Waals surface area (Å²) in [7, 11) is 0. The van der Waals surface area contributed by atoms with E-state index in [0.29, 0.717) is 17.8 Å². The van der Waals surface area contributed by atoms with E-state index in [1.54, 1.807) is 0 Å². The Balaban J connectivity index is 2.17. The lowest BCUT2D eigenvalue weighted by molar-refractivity contribution is 0.391. The largest absolute Gasteiger partial charge is 0.383 e. The van der Waals surface area contributed by atoms with Crippen molar-refractivity contribution in [1.29, 1.82) is 0 Å². The second kappa shape index (κ2) is 5.76. The highest BCUT2D eigenvalue weighted by Crippen LogP contribution is 2.36. The van der Waals surface area contributed by atoms with Gasteiger partial charge in [0.2, 0.25) is 0 Å². The zero-order chi connectivity index (χ0) is 14.0. The van der Waals surface area contributed by atoms with Gasteiger partial charge in [0, 0.05) is 18.0 Å². The van der Waals surface area contributed by atoms with Crippen LogP contribution in [0.4, 0.5) is 11.6 Å². The molecule has 0 saturated heterocycles. The molecule has 1 saturated carbocycles. The standard InChI is InChI=1S/C15H26N4/c1-5-11-7-8-12(9(11)3)17-15-10(4)14(16)18-13(6-2)19-15/h9,11-12H,5-8H2,1-4H3,(H3,16,17,18,19). The van der Waals surface area contributed by atoms with Gasteiger partial charge in [-0.2, -0.15) is 0 Å². The molecule has 1 heterocycles. The molecule has 19 heavy (non-hydrogen) atoms. The second-order valence-electron chi connectivity index (χ2n) is 5.71. The van der Waals surface area contributed by atoms with Crippen LogP contribution in [0.15, 0.2) is 0 Å². The Kier molecular flexibility index (Phi) is 4.27. The van der Waals surface area contributed by atoms with Gasteiger partial charge in [-0.1, -0.05) is 27.2 Å². The van der Waals surface area contributed by atoms with E-state index < -0.39 is 0 Å². The van der Waals surface area contributed by atoms with Crippen molar-refractivity contribution in [3.63, 3.8) is 0 Å². The Hall–Kier alpha value is -1.32. The van der Waals surface area contributed by atoms with Gasteiger partial charge in [-0.3, -0.25) is 0 Å². The molecule has 0 bridgehead atoms. The summed E-state index contributed by atoms with van der Waals surface area (Å²) in [6.07, 6.45) is 4.63. The average Bonchev–Trinajstić information content (AvgIpc) is 2.75. The summed E-state index contributed by atoms with van der Waals surface area (Å²) >= 11 is 0. The smallest absolute Gasteiger partial charge is 0.134 e. The molecule has 0 aromatic carbocycles. The van der Waals surface area contributed by atoms with E-state index >= 15 is 0 Å². The first-order chi connectivity index (χ1) is 9.06. The zero-order valence-electron chi connectivity index (χ0n) is 12.5. The molecule has 3 N–H and O–H groups in total. The summed E-state index contributed by atoms with van der Waals surface area (Å²) in [5.74, 6) is 3.89. The van der Waals surface area contributed by atoms with Crippen molar-refractivity contribution in [3.8, 4) is 0 Å². The molecule has 3 atom stereocenters. The van der Waals surface area contributed by atoms with Crippen LogP contribution in [-0.4, -0.2) is 16.0 Å². The molecule has 1 aliphatic rings. The van der Waals surface area contributed by atoms with E-state index in [2.05, 4.69) is 36.1 Å². The predicted octanol–water partition coefficient (Wildman–Crippen LogP) is 3.17. The molecule has 1 fully saturated rings. The van der Waals surface area contributed by atoms with Crippen molar-refractivity contribution < 1.29 is 0 Å². The van der Waals surface area contributed by atoms with Crippen molar-refractivity contribution in [2.75, 3.05) is 11.1 Å². The van der Waals surface area contributed by atoms with Gasteiger partial charge in [0.05, 0.1) is 0 Å². The Morgan fingerprint density at radius 2 is 2.00 bits per heavy atom. The quantitative estimate of drug-likeness (QED) is 0.875. The van der Waals surface area contributed by atoms with Crippen molar-refractivity contribution in [2.45, 2.75) is 59.4 Å². The Labute approximate surface area is 116 Å². The fourth-order valence-corrected chi connectivity index (χ4v) is 3.08. The van der Waals surface area contributed by atoms with Crippen LogP contribution >= 0.6 is 0 Å². The highest BCUT2D eigenvalue weighted by atomic mass is 15.1. The number of hydrogen-bond donors (Lipinski definition) is 2. The number of anilines is 2. The maximum Gasteiger partial charge on any atom is 0.134 e. The molecule has 4 nitrogen and oxygen atoms in total. The van der Waals surface area contributed by atoms with Gasteiger partial charge in [0.25, 0.3) is 0 Å². The first-order valence-electron chi connectivity index (χ1n) is 7.46. The van der Waals surface area contributed by atoms with Gasteiger partial charge >= 0.3 is 0 Å². The molecule has 0 spiro atoms. The zero-order valence-corrected chi connectivity index (χ0v) is 12.5. The van der Waals surface area contributed by atoms with Crippen molar-refractivity contribution in [1.82, 2.24) is 9.97 Å². The molecular formula is C15H26N4. The van der Waals surface area contributed by atoms with Crippen LogP contribution in [0.1, 0.15) is 51.4 Å². The minimum absolute atomic E-state index is 0.516. The van der Waals surface area contributed by atoms with E-state index in [0.717, 1.165) is 29.5 Å². The van der Waals surface area contributed by atoms with E-state index in [4.69, 9.17) is 5.73 Å². The van der Waals surface area contributed by atoms with Gasteiger partial charge in [0.15, 0.2) is 0 Å². The van der Waals surface area contributed by atoms with Crippen molar-refractivity contribution in [2.24, 2.45) is 11.8 Å². The number of nitrogen functional groups attached to an aromatic ring is 1. The van der Waals surface area contributed by atoms with Crippen LogP contribution in [0, 0.1) is 18.8 Å². The van der Waals surface area contributed by atoms with Crippen LogP contribution in [0.5, 0.6) is 0 Å². The van der Waals surface area contributed by atoms with Crippen LogP contribution in [0.3, 0.4) is 0 Å². The fraction of sp³-hybridized carbons (Fsp3) is 0.733. The Morgan fingerprint density at radius 1 is 1.26 bits per heavy atom. The third-order valence-corrected chi connectivity index (χ3v) is 4.62. The minimum Gasteiger partial charge on any atom is -0.383 e. The molecule has 1 aromatic heterocycles. The summed E-state index contributed by atoms with van der Waals surface area (Å²) < 4.78 is 0. The molecule has 106 valence electrons. The number of nitrogens with zero attached hydrogens (tertiary/aromatic N) is 2. The van der Waals surface area contributed by atoms with E-state index in [1.807, 2.05) is 6.92 Å². The summed E-state index contributed by atoms with van der Waals surface area (Å²) in [6.45, 7) is 8.68. The highest BCUT2D eigenvalue weighted by molar-refractivity contribution is 5.55. The van der Waals surface area contributed by atoms with E-state index in [-0.39, 0.29) is 0 Å². The number of hydrogen-bond acceptors (Lipinski definition) is 4. The monoisotopic (exact) mass is 262 g/mol. The van der Waals surface area contributed by atoms with Gasteiger partial charge in [-0.25, -0.2) is 9.97 Å². The molecule has 2 rings (SSSR count). The van der Waals surface area contributed by atoms with Crippen molar-refractivity contribution in [3.05, 3.63) is 11.4 Å². The summed E-state index contributed by atoms with van der Waals surface area (Å²) in [4.78, 5) is 8.90. The second-order valence-corrected chi connectivity index (χ2v) is 5.71. The number of rotatable bonds is 4. The molecule has 1 aliphatic carbocycles. The van der Waals surface area contributed by atoms with Crippen LogP contribution in [0.2, 0.25) is 0 Å². The summed E-state index contributed by atoms with van der Waals surface area (Å²) in [5.41, 5.74) is 6.94. The number of nitrogens with two attached hydrogens (primary N) is 1. The summed E-state index contributed by atoms with van der Waals surface area (Å²) in [6, 6.07) is 0.516. The molecule has 0 radical (unpaired) electrons.